The molecular formula is C20H26O3. The van der Waals surface area contributed by atoms with Crippen LogP contribution in [0.25, 0.3) is 0 Å². The lowest BCUT2D eigenvalue weighted by atomic mass is 9.47. The van der Waals surface area contributed by atoms with Gasteiger partial charge in [0.05, 0.1) is 0 Å². The van der Waals surface area contributed by atoms with E-state index in [1.807, 2.05) is 0 Å². The highest BCUT2D eigenvalue weighted by molar-refractivity contribution is 5.99. The van der Waals surface area contributed by atoms with Crippen LogP contribution in [0.5, 0.6) is 0 Å². The van der Waals surface area contributed by atoms with Crippen molar-refractivity contribution in [2.75, 3.05) is 0 Å². The Morgan fingerprint density at radius 2 is 1.78 bits per heavy atom. The van der Waals surface area contributed by atoms with Crippen LogP contribution >= 0.6 is 0 Å². The van der Waals surface area contributed by atoms with Crippen LogP contribution in [0.15, 0.2) is 11.3 Å². The van der Waals surface area contributed by atoms with Gasteiger partial charge in [-0.05, 0) is 73.2 Å². The molecular weight excluding hydrogens is 288 g/mol. The van der Waals surface area contributed by atoms with Gasteiger partial charge in [-0.25, -0.2) is 0 Å². The zero-order chi connectivity index (χ0) is 16.1. The second kappa shape index (κ2) is 4.10. The first kappa shape index (κ1) is 14.2. The lowest BCUT2D eigenvalue weighted by Crippen LogP contribution is -2.52. The SMILES string of the molecule is C[C@]12CC[C@H]3[C@@H](CCC4=C(O)C(=O)[C@H]5CC5[C@@]43C)[C@@H]1CCC2=O. The minimum atomic E-state index is -0.0891. The van der Waals surface area contributed by atoms with Gasteiger partial charge in [-0.3, -0.25) is 9.59 Å². The first-order chi connectivity index (χ1) is 10.9. The molecule has 5 aliphatic carbocycles. The number of Topliss-reactive ketones (excluding diaryl/α,β-unsaturated/α-hetero) is 2. The van der Waals surface area contributed by atoms with Gasteiger partial charge >= 0.3 is 0 Å². The van der Waals surface area contributed by atoms with E-state index in [4.69, 9.17) is 0 Å². The zero-order valence-electron chi connectivity index (χ0n) is 14.1. The Kier molecular flexibility index (Phi) is 2.54. The Hall–Kier alpha value is -1.12. The Balaban J connectivity index is 1.58. The Morgan fingerprint density at radius 1 is 1.00 bits per heavy atom. The van der Waals surface area contributed by atoms with E-state index in [-0.39, 0.29) is 28.3 Å². The van der Waals surface area contributed by atoms with Crippen molar-refractivity contribution in [3.63, 3.8) is 0 Å². The molecule has 0 aliphatic heterocycles. The molecule has 4 saturated carbocycles. The molecule has 23 heavy (non-hydrogen) atoms. The number of hydrogen-bond acceptors (Lipinski definition) is 3. The molecule has 0 aromatic carbocycles. The fourth-order valence-corrected chi connectivity index (χ4v) is 7.35. The summed E-state index contributed by atoms with van der Waals surface area (Å²) in [5.41, 5.74) is 0.989. The average Bonchev–Trinajstić information content (AvgIpc) is 3.27. The summed E-state index contributed by atoms with van der Waals surface area (Å²) in [5, 5.41) is 10.5. The number of carbonyl (C=O) groups excluding carboxylic acids is 2. The van der Waals surface area contributed by atoms with Gasteiger partial charge < -0.3 is 5.11 Å². The molecule has 7 atom stereocenters. The molecule has 5 aliphatic rings. The number of aliphatic hydroxyl groups is 1. The van der Waals surface area contributed by atoms with Crippen molar-refractivity contribution in [1.82, 2.24) is 0 Å². The number of ketones is 2. The van der Waals surface area contributed by atoms with Gasteiger partial charge in [-0.1, -0.05) is 13.8 Å². The highest BCUT2D eigenvalue weighted by atomic mass is 16.3. The molecule has 5 rings (SSSR count). The van der Waals surface area contributed by atoms with Gasteiger partial charge in [0, 0.05) is 17.8 Å². The van der Waals surface area contributed by atoms with Crippen molar-refractivity contribution < 1.29 is 14.7 Å². The number of hydrogen-bond donors (Lipinski definition) is 1. The Morgan fingerprint density at radius 3 is 2.57 bits per heavy atom. The maximum Gasteiger partial charge on any atom is 0.200 e. The van der Waals surface area contributed by atoms with E-state index in [1.54, 1.807) is 0 Å². The summed E-state index contributed by atoms with van der Waals surface area (Å²) < 4.78 is 0. The van der Waals surface area contributed by atoms with Crippen molar-refractivity contribution in [3.05, 3.63) is 11.3 Å². The molecule has 124 valence electrons. The quantitative estimate of drug-likeness (QED) is 0.739. The van der Waals surface area contributed by atoms with Crippen LogP contribution in [0, 0.1) is 40.4 Å². The molecule has 1 N–H and O–H groups in total. The van der Waals surface area contributed by atoms with Gasteiger partial charge in [-0.15, -0.1) is 0 Å². The molecule has 1 unspecified atom stereocenters. The lowest BCUT2D eigenvalue weighted by molar-refractivity contribution is -0.133. The Bertz CT molecular complexity index is 662. The fourth-order valence-electron chi connectivity index (χ4n) is 7.35. The maximum atomic E-state index is 12.4. The summed E-state index contributed by atoms with van der Waals surface area (Å²) in [7, 11) is 0. The van der Waals surface area contributed by atoms with Gasteiger partial charge in [0.15, 0.2) is 11.5 Å². The topological polar surface area (TPSA) is 54.4 Å². The molecule has 3 nitrogen and oxygen atoms in total. The van der Waals surface area contributed by atoms with E-state index >= 15 is 0 Å². The number of fused-ring (bicyclic) bond motifs is 7. The van der Waals surface area contributed by atoms with Gasteiger partial charge in [0.2, 0.25) is 0 Å². The molecule has 0 amide bonds. The van der Waals surface area contributed by atoms with Gasteiger partial charge in [0.25, 0.3) is 0 Å². The maximum absolute atomic E-state index is 12.4. The summed E-state index contributed by atoms with van der Waals surface area (Å²) in [6.07, 6.45) is 6.80. The van der Waals surface area contributed by atoms with E-state index < -0.39 is 0 Å². The van der Waals surface area contributed by atoms with E-state index in [0.29, 0.717) is 29.5 Å². The molecule has 4 fully saturated rings. The summed E-state index contributed by atoms with van der Waals surface area (Å²) in [6, 6.07) is 0. The smallest absolute Gasteiger partial charge is 0.200 e. The minimum absolute atomic E-state index is 0.0117. The Labute approximate surface area is 137 Å². The number of rotatable bonds is 0. The predicted octanol–water partition coefficient (Wildman–Crippen LogP) is 3.83. The number of allylic oxidation sites excluding steroid dienone is 1. The monoisotopic (exact) mass is 314 g/mol. The van der Waals surface area contributed by atoms with Crippen molar-refractivity contribution in [3.8, 4) is 0 Å². The fraction of sp³-hybridized carbons (Fsp3) is 0.800. The lowest BCUT2D eigenvalue weighted by Gasteiger charge is -2.57. The highest BCUT2D eigenvalue weighted by Gasteiger charge is 2.67. The highest BCUT2D eigenvalue weighted by Crippen LogP contribution is 2.71. The van der Waals surface area contributed by atoms with Crippen molar-refractivity contribution in [2.24, 2.45) is 40.4 Å². The predicted molar refractivity (Wildman–Crippen MR) is 85.7 cm³/mol. The van der Waals surface area contributed by atoms with E-state index in [1.165, 1.54) is 0 Å². The summed E-state index contributed by atoms with van der Waals surface area (Å²) in [6.45, 7) is 4.53. The van der Waals surface area contributed by atoms with E-state index in [2.05, 4.69) is 13.8 Å². The van der Waals surface area contributed by atoms with E-state index in [9.17, 15) is 14.7 Å². The first-order valence-electron chi connectivity index (χ1n) is 9.39. The average molecular weight is 314 g/mol. The van der Waals surface area contributed by atoms with Gasteiger partial charge in [0.1, 0.15) is 5.78 Å². The van der Waals surface area contributed by atoms with Crippen molar-refractivity contribution in [1.29, 1.82) is 0 Å². The van der Waals surface area contributed by atoms with Crippen LogP contribution in [0.1, 0.15) is 58.8 Å². The normalized spacial score (nSPS) is 54.3. The third kappa shape index (κ3) is 1.48. The number of carbonyl (C=O) groups is 2. The van der Waals surface area contributed by atoms with Crippen LogP contribution in [0.3, 0.4) is 0 Å². The molecule has 0 aromatic rings. The van der Waals surface area contributed by atoms with Crippen LogP contribution in [0.2, 0.25) is 0 Å². The molecule has 3 heteroatoms. The van der Waals surface area contributed by atoms with Crippen LogP contribution in [0.4, 0.5) is 0 Å². The molecule has 0 radical (unpaired) electrons. The first-order valence-corrected chi connectivity index (χ1v) is 9.39. The standard InChI is InChI=1S/C20H26O3/c1-19-8-7-13-10(12(19)5-6-16(19)21)3-4-14-18(23)17(22)11-9-15(11)20(13,14)2/h10-13,15,23H,3-9H2,1-2H3/t10-,11-,12-,13-,15?,19-,20+/m0/s1. The largest absolute Gasteiger partial charge is 0.504 e. The minimum Gasteiger partial charge on any atom is -0.504 e. The van der Waals surface area contributed by atoms with Crippen molar-refractivity contribution in [2.45, 2.75) is 58.8 Å². The summed E-state index contributed by atoms with van der Waals surface area (Å²) >= 11 is 0. The van der Waals surface area contributed by atoms with E-state index in [0.717, 1.165) is 50.5 Å². The third-order valence-electron chi connectivity index (χ3n) is 8.71. The molecule has 0 bridgehead atoms. The summed E-state index contributed by atoms with van der Waals surface area (Å²) in [5.74, 6) is 2.84. The van der Waals surface area contributed by atoms with Crippen LogP contribution in [-0.4, -0.2) is 16.7 Å². The third-order valence-corrected chi connectivity index (χ3v) is 8.71. The second-order valence-electron chi connectivity index (χ2n) is 9.26. The molecule has 0 aromatic heterocycles. The molecule has 0 saturated heterocycles. The van der Waals surface area contributed by atoms with Crippen LogP contribution < -0.4 is 0 Å². The second-order valence-corrected chi connectivity index (χ2v) is 9.26. The number of aliphatic hydroxyl groups excluding tert-OH is 1. The molecule has 0 spiro atoms. The molecule has 0 heterocycles. The zero-order valence-corrected chi connectivity index (χ0v) is 14.1. The van der Waals surface area contributed by atoms with Crippen LogP contribution in [-0.2, 0) is 9.59 Å². The summed E-state index contributed by atoms with van der Waals surface area (Å²) in [4.78, 5) is 24.7. The van der Waals surface area contributed by atoms with Gasteiger partial charge in [-0.2, -0.15) is 0 Å². The van der Waals surface area contributed by atoms with Crippen molar-refractivity contribution >= 4 is 11.6 Å².